The van der Waals surface area contributed by atoms with E-state index in [1.165, 1.54) is 0 Å². The largest absolute Gasteiger partial charge is 0.481 e. The summed E-state index contributed by atoms with van der Waals surface area (Å²) in [6.45, 7) is 5.58. The van der Waals surface area contributed by atoms with E-state index in [4.69, 9.17) is 4.74 Å². The second-order valence-corrected chi connectivity index (χ2v) is 4.29. The smallest absolute Gasteiger partial charge is 0.216 e. The van der Waals surface area contributed by atoms with Crippen LogP contribution in [-0.2, 0) is 13.6 Å². The number of ether oxygens (including phenoxy) is 1. The molecule has 1 aliphatic rings. The molecule has 1 aromatic rings. The molecular formula is C11H19N5O. The molecule has 0 saturated heterocycles. The molecule has 0 saturated carbocycles. The van der Waals surface area contributed by atoms with Gasteiger partial charge >= 0.3 is 0 Å². The van der Waals surface area contributed by atoms with Crippen molar-refractivity contribution in [1.82, 2.24) is 20.4 Å². The Morgan fingerprint density at radius 2 is 2.35 bits per heavy atom. The summed E-state index contributed by atoms with van der Waals surface area (Å²) in [4.78, 5) is 4.35. The van der Waals surface area contributed by atoms with E-state index in [2.05, 4.69) is 27.6 Å². The van der Waals surface area contributed by atoms with Gasteiger partial charge in [0.25, 0.3) is 0 Å². The number of nitrogens with zero attached hydrogens (tertiary/aromatic N) is 3. The summed E-state index contributed by atoms with van der Waals surface area (Å²) >= 11 is 0. The average molecular weight is 237 g/mol. The summed E-state index contributed by atoms with van der Waals surface area (Å²) in [6.07, 6.45) is 0. The monoisotopic (exact) mass is 237 g/mol. The Kier molecular flexibility index (Phi) is 3.21. The van der Waals surface area contributed by atoms with E-state index in [0.717, 1.165) is 29.6 Å². The molecule has 1 aromatic heterocycles. The highest BCUT2D eigenvalue weighted by molar-refractivity contribution is 5.81. The number of nitrogens with one attached hydrogen (secondary N) is 2. The van der Waals surface area contributed by atoms with E-state index >= 15 is 0 Å². The molecular weight excluding hydrogens is 218 g/mol. The van der Waals surface area contributed by atoms with Gasteiger partial charge in [-0.15, -0.1) is 0 Å². The number of rotatable bonds is 3. The Morgan fingerprint density at radius 1 is 1.59 bits per heavy atom. The van der Waals surface area contributed by atoms with Crippen LogP contribution in [0.5, 0.6) is 5.88 Å². The van der Waals surface area contributed by atoms with Crippen LogP contribution in [0.25, 0.3) is 0 Å². The third-order valence-corrected chi connectivity index (χ3v) is 2.82. The van der Waals surface area contributed by atoms with E-state index in [0.29, 0.717) is 12.6 Å². The van der Waals surface area contributed by atoms with Gasteiger partial charge in [0, 0.05) is 13.1 Å². The molecule has 94 valence electrons. The predicted octanol–water partition coefficient (Wildman–Crippen LogP) is 0.174. The molecule has 0 fully saturated rings. The molecule has 0 bridgehead atoms. The van der Waals surface area contributed by atoms with E-state index < -0.39 is 0 Å². The molecule has 1 atom stereocenters. The predicted molar refractivity (Wildman–Crippen MR) is 66.2 cm³/mol. The molecule has 2 N–H and O–H groups in total. The minimum Gasteiger partial charge on any atom is -0.481 e. The van der Waals surface area contributed by atoms with Crippen molar-refractivity contribution in [2.45, 2.75) is 26.4 Å². The highest BCUT2D eigenvalue weighted by Crippen LogP contribution is 2.20. The van der Waals surface area contributed by atoms with Crippen LogP contribution in [0.15, 0.2) is 4.99 Å². The third-order valence-electron chi connectivity index (χ3n) is 2.82. The van der Waals surface area contributed by atoms with Crippen LogP contribution in [0, 0.1) is 6.92 Å². The second kappa shape index (κ2) is 4.65. The van der Waals surface area contributed by atoms with Gasteiger partial charge < -0.3 is 15.4 Å². The van der Waals surface area contributed by atoms with E-state index in [-0.39, 0.29) is 0 Å². The summed E-state index contributed by atoms with van der Waals surface area (Å²) in [6, 6.07) is 0.411. The van der Waals surface area contributed by atoms with Crippen molar-refractivity contribution in [3.63, 3.8) is 0 Å². The number of aryl methyl sites for hydroxylation is 2. The summed E-state index contributed by atoms with van der Waals surface area (Å²) < 4.78 is 7.08. The van der Waals surface area contributed by atoms with Crippen molar-refractivity contribution in [2.75, 3.05) is 13.7 Å². The van der Waals surface area contributed by atoms with Gasteiger partial charge in [0.1, 0.15) is 0 Å². The van der Waals surface area contributed by atoms with Gasteiger partial charge in [-0.05, 0) is 13.8 Å². The number of hydrogen-bond donors (Lipinski definition) is 2. The molecule has 6 heteroatoms. The first-order chi connectivity index (χ1) is 8.11. The van der Waals surface area contributed by atoms with Crippen molar-refractivity contribution in [1.29, 1.82) is 0 Å². The van der Waals surface area contributed by atoms with Crippen molar-refractivity contribution < 1.29 is 4.74 Å². The Balaban J connectivity index is 2.04. The lowest BCUT2D eigenvalue weighted by Gasteiger charge is -2.09. The molecule has 17 heavy (non-hydrogen) atoms. The normalized spacial score (nSPS) is 18.8. The second-order valence-electron chi connectivity index (χ2n) is 4.29. The molecule has 0 spiro atoms. The first-order valence-electron chi connectivity index (χ1n) is 5.73. The van der Waals surface area contributed by atoms with Crippen LogP contribution in [0.1, 0.15) is 18.2 Å². The van der Waals surface area contributed by atoms with Crippen LogP contribution < -0.4 is 15.4 Å². The summed E-state index contributed by atoms with van der Waals surface area (Å²) in [5.74, 6) is 1.64. The standard InChI is InChI=1S/C11H19N5O/c1-7-5-12-11(14-7)13-6-9-8(2)15-16(3)10(9)17-4/h7H,5-6H2,1-4H3,(H2,12,13,14). The lowest BCUT2D eigenvalue weighted by atomic mass is 10.2. The fraction of sp³-hybridized carbons (Fsp3) is 0.636. The Labute approximate surface area is 101 Å². The van der Waals surface area contributed by atoms with Crippen LogP contribution in [0.3, 0.4) is 0 Å². The van der Waals surface area contributed by atoms with Crippen LogP contribution in [0.2, 0.25) is 0 Å². The molecule has 1 unspecified atom stereocenters. The zero-order valence-electron chi connectivity index (χ0n) is 10.7. The number of aliphatic imine (C=N–C) groups is 1. The van der Waals surface area contributed by atoms with E-state index in [1.54, 1.807) is 11.8 Å². The van der Waals surface area contributed by atoms with Gasteiger partial charge in [0.15, 0.2) is 5.96 Å². The third kappa shape index (κ3) is 2.35. The van der Waals surface area contributed by atoms with Gasteiger partial charge in [-0.3, -0.25) is 4.99 Å². The van der Waals surface area contributed by atoms with E-state index in [1.807, 2.05) is 14.0 Å². The fourth-order valence-electron chi connectivity index (χ4n) is 1.97. The number of hydrogen-bond acceptors (Lipinski definition) is 5. The molecule has 0 amide bonds. The molecule has 6 nitrogen and oxygen atoms in total. The number of methoxy groups -OCH3 is 1. The maximum Gasteiger partial charge on any atom is 0.216 e. The first kappa shape index (κ1) is 11.8. The number of guanidine groups is 1. The Morgan fingerprint density at radius 3 is 2.94 bits per heavy atom. The summed E-state index contributed by atoms with van der Waals surface area (Å²) in [5.41, 5.74) is 2.04. The fourth-order valence-corrected chi connectivity index (χ4v) is 1.97. The van der Waals surface area contributed by atoms with Crippen molar-refractivity contribution >= 4 is 5.96 Å². The van der Waals surface area contributed by atoms with Crippen LogP contribution in [-0.4, -0.2) is 35.4 Å². The lowest BCUT2D eigenvalue weighted by molar-refractivity contribution is 0.369. The maximum absolute atomic E-state index is 5.33. The average Bonchev–Trinajstić information content (AvgIpc) is 2.80. The summed E-state index contributed by atoms with van der Waals surface area (Å²) in [5, 5.41) is 10.9. The van der Waals surface area contributed by atoms with Gasteiger partial charge in [-0.1, -0.05) is 0 Å². The van der Waals surface area contributed by atoms with Crippen molar-refractivity contribution in [3.8, 4) is 5.88 Å². The number of aromatic nitrogens is 2. The van der Waals surface area contributed by atoms with Gasteiger partial charge in [0.2, 0.25) is 5.88 Å². The zero-order chi connectivity index (χ0) is 12.4. The molecule has 2 heterocycles. The quantitative estimate of drug-likeness (QED) is 0.787. The van der Waals surface area contributed by atoms with Gasteiger partial charge in [-0.25, -0.2) is 4.68 Å². The highest BCUT2D eigenvalue weighted by Gasteiger charge is 2.16. The zero-order valence-corrected chi connectivity index (χ0v) is 10.7. The van der Waals surface area contributed by atoms with Gasteiger partial charge in [-0.2, -0.15) is 5.10 Å². The minimum atomic E-state index is 0.411. The van der Waals surface area contributed by atoms with Crippen LogP contribution in [0.4, 0.5) is 0 Å². The van der Waals surface area contributed by atoms with Crippen molar-refractivity contribution in [3.05, 3.63) is 11.3 Å². The molecule has 0 aliphatic carbocycles. The highest BCUT2D eigenvalue weighted by atomic mass is 16.5. The molecule has 1 aliphatic heterocycles. The minimum absolute atomic E-state index is 0.411. The summed E-state index contributed by atoms with van der Waals surface area (Å²) in [7, 11) is 3.54. The molecule has 0 aromatic carbocycles. The maximum atomic E-state index is 5.33. The SMILES string of the molecule is COc1c(CNC2=NCC(C)N2)c(C)nn1C. The van der Waals surface area contributed by atoms with E-state index in [9.17, 15) is 0 Å². The van der Waals surface area contributed by atoms with Crippen LogP contribution >= 0.6 is 0 Å². The lowest BCUT2D eigenvalue weighted by Crippen LogP contribution is -2.37. The first-order valence-corrected chi connectivity index (χ1v) is 5.73. The molecule has 0 radical (unpaired) electrons. The molecule has 2 rings (SSSR count). The Bertz CT molecular complexity index is 437. The van der Waals surface area contributed by atoms with Gasteiger partial charge in [0.05, 0.1) is 31.5 Å². The Hall–Kier alpha value is -1.72. The topological polar surface area (TPSA) is 63.5 Å². The van der Waals surface area contributed by atoms with Crippen molar-refractivity contribution in [2.24, 2.45) is 12.0 Å².